The predicted octanol–water partition coefficient (Wildman–Crippen LogP) is 4.63. The second-order valence-electron chi connectivity index (χ2n) is 4.81. The number of anilines is 2. The Balaban J connectivity index is 2.03. The van der Waals surface area contributed by atoms with E-state index in [2.05, 4.69) is 16.0 Å². The molecule has 0 heterocycles. The smallest absolute Gasteiger partial charge is 0.320 e. The normalized spacial score (nSPS) is 12.2. The third-order valence-corrected chi connectivity index (χ3v) is 3.69. The third-order valence-electron chi connectivity index (χ3n) is 3.04. The molecule has 128 valence electrons. The molecule has 8 heteroatoms. The van der Waals surface area contributed by atoms with Crippen molar-refractivity contribution in [1.82, 2.24) is 5.32 Å². The van der Waals surface area contributed by atoms with Crippen molar-refractivity contribution in [2.75, 3.05) is 17.7 Å². The van der Waals surface area contributed by atoms with Gasteiger partial charge in [0.15, 0.2) is 0 Å². The van der Waals surface area contributed by atoms with Crippen LogP contribution >= 0.6 is 34.8 Å². The minimum absolute atomic E-state index is 0.501. The second-order valence-corrected chi connectivity index (χ2v) is 7.18. The monoisotopic (exact) mass is 387 g/mol. The molecule has 0 aliphatic carbocycles. The molecule has 2 rings (SSSR count). The summed E-state index contributed by atoms with van der Waals surface area (Å²) in [5.74, 6) is 0.695. The summed E-state index contributed by atoms with van der Waals surface area (Å²) in [6.07, 6.45) is -0.945. The minimum atomic E-state index is -1.76. The highest BCUT2D eigenvalue weighted by atomic mass is 35.6. The number of methoxy groups -OCH3 is 1. The molecular weight excluding hydrogens is 373 g/mol. The Hall–Kier alpha value is -1.82. The molecule has 0 bridgehead atoms. The molecule has 0 saturated heterocycles. The highest BCUT2D eigenvalue weighted by Gasteiger charge is 2.34. The van der Waals surface area contributed by atoms with Crippen LogP contribution in [0.15, 0.2) is 54.6 Å². The van der Waals surface area contributed by atoms with Gasteiger partial charge in [-0.3, -0.25) is 0 Å². The molecule has 2 amide bonds. The first-order chi connectivity index (χ1) is 11.4. The van der Waals surface area contributed by atoms with Gasteiger partial charge in [-0.1, -0.05) is 53.0 Å². The molecule has 0 aromatic heterocycles. The molecule has 0 spiro atoms. The topological polar surface area (TPSA) is 62.4 Å². The summed E-state index contributed by atoms with van der Waals surface area (Å²) in [6.45, 7) is 0. The zero-order valence-corrected chi connectivity index (χ0v) is 15.0. The van der Waals surface area contributed by atoms with Crippen LogP contribution in [-0.2, 0) is 0 Å². The van der Waals surface area contributed by atoms with Gasteiger partial charge in [0.1, 0.15) is 11.9 Å². The average Bonchev–Trinajstić information content (AvgIpc) is 2.55. The number of benzene rings is 2. The van der Waals surface area contributed by atoms with Crippen molar-refractivity contribution < 1.29 is 9.53 Å². The van der Waals surface area contributed by atoms with E-state index in [1.54, 1.807) is 55.6 Å². The number of hydrogen-bond acceptors (Lipinski definition) is 3. The maximum atomic E-state index is 12.1. The lowest BCUT2D eigenvalue weighted by Crippen LogP contribution is -2.50. The van der Waals surface area contributed by atoms with E-state index in [-0.39, 0.29) is 0 Å². The molecule has 0 saturated carbocycles. The van der Waals surface area contributed by atoms with E-state index in [1.807, 2.05) is 6.07 Å². The summed E-state index contributed by atoms with van der Waals surface area (Å²) < 4.78 is 3.33. The van der Waals surface area contributed by atoms with Gasteiger partial charge in [-0.25, -0.2) is 4.79 Å². The molecule has 1 unspecified atom stereocenters. The fraction of sp³-hybridized carbons (Fsp3) is 0.188. The van der Waals surface area contributed by atoms with Gasteiger partial charge in [0.2, 0.25) is 3.79 Å². The standard InChI is InChI=1S/C16H16Cl3N3O2/c1-24-13-9-7-12(8-10-13)20-14(16(17,18)19)22-15(23)21-11-5-3-2-4-6-11/h2-10,14,20H,1H3,(H2,21,22,23). The summed E-state index contributed by atoms with van der Waals surface area (Å²) in [5, 5.41) is 8.22. The van der Waals surface area contributed by atoms with Crippen molar-refractivity contribution in [2.24, 2.45) is 0 Å². The van der Waals surface area contributed by atoms with Gasteiger partial charge >= 0.3 is 6.03 Å². The zero-order chi connectivity index (χ0) is 17.6. The molecule has 0 aliphatic heterocycles. The number of nitrogens with one attached hydrogen (secondary N) is 3. The number of rotatable bonds is 5. The SMILES string of the molecule is COc1ccc(NC(NC(=O)Nc2ccccc2)C(Cl)(Cl)Cl)cc1. The fourth-order valence-electron chi connectivity index (χ4n) is 1.87. The second kappa shape index (κ2) is 8.33. The van der Waals surface area contributed by atoms with Crippen LogP contribution in [0.4, 0.5) is 16.2 Å². The van der Waals surface area contributed by atoms with E-state index in [9.17, 15) is 4.79 Å². The Bertz CT molecular complexity index is 661. The molecule has 3 N–H and O–H groups in total. The number of hydrogen-bond donors (Lipinski definition) is 3. The molecule has 2 aromatic carbocycles. The number of carbonyl (C=O) groups is 1. The van der Waals surface area contributed by atoms with Crippen molar-refractivity contribution in [2.45, 2.75) is 9.96 Å². The van der Waals surface area contributed by atoms with Crippen molar-refractivity contribution >= 4 is 52.2 Å². The molecule has 2 aromatic rings. The van der Waals surface area contributed by atoms with Crippen LogP contribution in [-0.4, -0.2) is 23.1 Å². The van der Waals surface area contributed by atoms with Gasteiger partial charge in [-0.15, -0.1) is 0 Å². The Morgan fingerprint density at radius 2 is 1.62 bits per heavy atom. The van der Waals surface area contributed by atoms with E-state index < -0.39 is 16.0 Å². The number of carbonyl (C=O) groups excluding carboxylic acids is 1. The first kappa shape index (κ1) is 18.5. The van der Waals surface area contributed by atoms with Gasteiger partial charge in [-0.2, -0.15) is 0 Å². The van der Waals surface area contributed by atoms with Gasteiger partial charge in [0, 0.05) is 11.4 Å². The number of urea groups is 1. The minimum Gasteiger partial charge on any atom is -0.497 e. The Labute approximate surface area is 155 Å². The number of para-hydroxylation sites is 1. The largest absolute Gasteiger partial charge is 0.497 e. The molecule has 0 fully saturated rings. The van der Waals surface area contributed by atoms with Crippen LogP contribution in [0, 0.1) is 0 Å². The maximum absolute atomic E-state index is 12.1. The first-order valence-electron chi connectivity index (χ1n) is 6.98. The molecule has 5 nitrogen and oxygen atoms in total. The summed E-state index contributed by atoms with van der Waals surface area (Å²) in [4.78, 5) is 12.1. The molecule has 0 radical (unpaired) electrons. The molecule has 0 aliphatic rings. The van der Waals surface area contributed by atoms with E-state index in [1.165, 1.54) is 0 Å². The van der Waals surface area contributed by atoms with Gasteiger partial charge in [0.25, 0.3) is 0 Å². The van der Waals surface area contributed by atoms with Crippen LogP contribution < -0.4 is 20.7 Å². The van der Waals surface area contributed by atoms with Crippen molar-refractivity contribution in [3.8, 4) is 5.75 Å². The van der Waals surface area contributed by atoms with Crippen LogP contribution in [0.5, 0.6) is 5.75 Å². The van der Waals surface area contributed by atoms with E-state index >= 15 is 0 Å². The van der Waals surface area contributed by atoms with Crippen LogP contribution in [0.1, 0.15) is 0 Å². The number of halogens is 3. The van der Waals surface area contributed by atoms with Crippen LogP contribution in [0.2, 0.25) is 0 Å². The average molecular weight is 389 g/mol. The molecule has 24 heavy (non-hydrogen) atoms. The van der Waals surface area contributed by atoms with Crippen molar-refractivity contribution in [1.29, 1.82) is 0 Å². The highest BCUT2D eigenvalue weighted by molar-refractivity contribution is 6.68. The Kier molecular flexibility index (Phi) is 6.43. The van der Waals surface area contributed by atoms with E-state index in [0.29, 0.717) is 17.1 Å². The zero-order valence-electron chi connectivity index (χ0n) is 12.7. The fourth-order valence-corrected chi connectivity index (χ4v) is 2.20. The lowest BCUT2D eigenvalue weighted by molar-refractivity contribution is 0.249. The molecular formula is C16H16Cl3N3O2. The number of alkyl halides is 3. The van der Waals surface area contributed by atoms with Crippen molar-refractivity contribution in [3.05, 3.63) is 54.6 Å². The van der Waals surface area contributed by atoms with Gasteiger partial charge in [0.05, 0.1) is 7.11 Å². The highest BCUT2D eigenvalue weighted by Crippen LogP contribution is 2.31. The van der Waals surface area contributed by atoms with Crippen LogP contribution in [0.25, 0.3) is 0 Å². The van der Waals surface area contributed by atoms with E-state index in [4.69, 9.17) is 39.5 Å². The number of amides is 2. The first-order valence-corrected chi connectivity index (χ1v) is 8.12. The summed E-state index contributed by atoms with van der Waals surface area (Å²) in [7, 11) is 1.57. The summed E-state index contributed by atoms with van der Waals surface area (Å²) in [6, 6.07) is 15.5. The summed E-state index contributed by atoms with van der Waals surface area (Å²) >= 11 is 17.9. The van der Waals surface area contributed by atoms with Crippen molar-refractivity contribution in [3.63, 3.8) is 0 Å². The van der Waals surface area contributed by atoms with E-state index in [0.717, 1.165) is 0 Å². The van der Waals surface area contributed by atoms with Gasteiger partial charge < -0.3 is 20.7 Å². The van der Waals surface area contributed by atoms with Crippen LogP contribution in [0.3, 0.4) is 0 Å². The Morgan fingerprint density at radius 1 is 1.00 bits per heavy atom. The molecule has 1 atom stereocenters. The lowest BCUT2D eigenvalue weighted by Gasteiger charge is -2.27. The number of ether oxygens (including phenoxy) is 1. The Morgan fingerprint density at radius 3 is 2.17 bits per heavy atom. The predicted molar refractivity (Wildman–Crippen MR) is 99.3 cm³/mol. The summed E-state index contributed by atoms with van der Waals surface area (Å²) in [5.41, 5.74) is 1.29. The lowest BCUT2D eigenvalue weighted by atomic mass is 10.3. The van der Waals surface area contributed by atoms with Gasteiger partial charge in [-0.05, 0) is 36.4 Å². The third kappa shape index (κ3) is 5.67. The quantitative estimate of drug-likeness (QED) is 0.517. The maximum Gasteiger partial charge on any atom is 0.320 e.